The Bertz CT molecular complexity index is 452. The molecule has 3 N–H and O–H groups in total. The summed E-state index contributed by atoms with van der Waals surface area (Å²) in [5.74, 6) is -0.884. The number of unbranched alkanes of at least 4 members (excludes halogenated alkanes) is 3. The van der Waals surface area contributed by atoms with Gasteiger partial charge >= 0.3 is 0 Å². The molecule has 0 saturated carbocycles. The highest BCUT2D eigenvalue weighted by atomic mass is 19.1. The molecule has 1 amide bonds. The van der Waals surface area contributed by atoms with Gasteiger partial charge in [0.25, 0.3) is 0 Å². The summed E-state index contributed by atoms with van der Waals surface area (Å²) in [6.07, 6.45) is 5.66. The molecule has 0 aromatic heterocycles. The van der Waals surface area contributed by atoms with E-state index in [9.17, 15) is 9.18 Å². The Kier molecular flexibility index (Phi) is 7.75. The number of halogens is 1. The van der Waals surface area contributed by atoms with Crippen molar-refractivity contribution in [1.82, 2.24) is 0 Å². The average Bonchev–Trinajstić information content (AvgIpc) is 2.45. The highest BCUT2D eigenvalue weighted by molar-refractivity contribution is 5.92. The monoisotopic (exact) mass is 296 g/mol. The zero-order valence-corrected chi connectivity index (χ0v) is 12.8. The topological polar surface area (TPSA) is 64.3 Å². The molecule has 1 unspecified atom stereocenters. The number of benzene rings is 1. The third-order valence-corrected chi connectivity index (χ3v) is 3.23. The first kappa shape index (κ1) is 17.4. The summed E-state index contributed by atoms with van der Waals surface area (Å²) in [4.78, 5) is 11.7. The van der Waals surface area contributed by atoms with E-state index in [1.165, 1.54) is 37.5 Å². The molecule has 0 aliphatic carbocycles. The van der Waals surface area contributed by atoms with E-state index in [4.69, 9.17) is 10.5 Å². The number of hydrogen-bond acceptors (Lipinski definition) is 3. The molecular weight excluding hydrogens is 271 g/mol. The van der Waals surface area contributed by atoms with Crippen LogP contribution in [0.25, 0.3) is 0 Å². The van der Waals surface area contributed by atoms with Gasteiger partial charge in [0, 0.05) is 5.69 Å². The van der Waals surface area contributed by atoms with E-state index in [-0.39, 0.29) is 24.3 Å². The van der Waals surface area contributed by atoms with Crippen molar-refractivity contribution in [3.8, 4) is 0 Å². The minimum atomic E-state index is -0.509. The molecular formula is C16H25FN2O2. The van der Waals surface area contributed by atoms with Crippen LogP contribution in [-0.2, 0) is 9.53 Å². The molecule has 1 aromatic carbocycles. The lowest BCUT2D eigenvalue weighted by Gasteiger charge is -2.13. The predicted octanol–water partition coefficient (Wildman–Crippen LogP) is 3.72. The molecule has 0 aliphatic rings. The van der Waals surface area contributed by atoms with Crippen LogP contribution in [0.5, 0.6) is 0 Å². The third kappa shape index (κ3) is 7.09. The summed E-state index contributed by atoms with van der Waals surface area (Å²) < 4.78 is 18.9. The van der Waals surface area contributed by atoms with Crippen LogP contribution in [0.2, 0.25) is 0 Å². The van der Waals surface area contributed by atoms with Crippen molar-refractivity contribution in [3.63, 3.8) is 0 Å². The zero-order valence-electron chi connectivity index (χ0n) is 12.8. The van der Waals surface area contributed by atoms with Crippen LogP contribution in [0.4, 0.5) is 15.8 Å². The Labute approximate surface area is 125 Å². The number of anilines is 2. The molecule has 0 spiro atoms. The van der Waals surface area contributed by atoms with Gasteiger partial charge in [-0.2, -0.15) is 0 Å². The van der Waals surface area contributed by atoms with Crippen LogP contribution in [0.15, 0.2) is 18.2 Å². The van der Waals surface area contributed by atoms with Gasteiger partial charge < -0.3 is 15.8 Å². The van der Waals surface area contributed by atoms with Crippen LogP contribution >= 0.6 is 0 Å². The van der Waals surface area contributed by atoms with Crippen molar-refractivity contribution < 1.29 is 13.9 Å². The van der Waals surface area contributed by atoms with Crippen molar-refractivity contribution in [2.75, 3.05) is 17.7 Å². The number of nitrogens with one attached hydrogen (secondary N) is 1. The second kappa shape index (κ2) is 9.34. The quantitative estimate of drug-likeness (QED) is 0.539. The second-order valence-electron chi connectivity index (χ2n) is 5.26. The lowest BCUT2D eigenvalue weighted by Crippen LogP contribution is -2.22. The average molecular weight is 296 g/mol. The fraction of sp³-hybridized carbons (Fsp3) is 0.562. The van der Waals surface area contributed by atoms with Crippen molar-refractivity contribution in [1.29, 1.82) is 0 Å². The molecule has 1 rings (SSSR count). The number of carbonyl (C=O) groups is 1. The lowest BCUT2D eigenvalue weighted by atomic mass is 10.1. The number of nitrogens with two attached hydrogens (primary N) is 1. The number of hydrogen-bond donors (Lipinski definition) is 2. The first-order chi connectivity index (χ1) is 10.0. The van der Waals surface area contributed by atoms with Crippen molar-refractivity contribution in [3.05, 3.63) is 24.0 Å². The van der Waals surface area contributed by atoms with Crippen LogP contribution in [-0.4, -0.2) is 18.6 Å². The number of amides is 1. The lowest BCUT2D eigenvalue weighted by molar-refractivity contribution is -0.122. The van der Waals surface area contributed by atoms with Crippen molar-refractivity contribution >= 4 is 17.3 Å². The van der Waals surface area contributed by atoms with E-state index < -0.39 is 5.82 Å². The van der Waals surface area contributed by atoms with Crippen molar-refractivity contribution in [2.24, 2.45) is 0 Å². The van der Waals surface area contributed by atoms with Crippen LogP contribution < -0.4 is 11.1 Å². The standard InChI is InChI=1S/C16H25FN2O2/c1-3-4-5-6-7-12(2)21-11-16(20)19-15-10-13(18)8-9-14(15)17/h8-10,12H,3-7,11,18H2,1-2H3,(H,19,20). The number of nitrogen functional groups attached to an aromatic ring is 1. The Balaban J connectivity index is 2.29. The fourth-order valence-corrected chi connectivity index (χ4v) is 1.98. The van der Waals surface area contributed by atoms with E-state index in [1.807, 2.05) is 6.92 Å². The Morgan fingerprint density at radius 1 is 1.38 bits per heavy atom. The van der Waals surface area contributed by atoms with Gasteiger partial charge in [0.2, 0.25) is 5.91 Å². The zero-order chi connectivity index (χ0) is 15.7. The third-order valence-electron chi connectivity index (χ3n) is 3.23. The van der Waals surface area contributed by atoms with Gasteiger partial charge in [0.05, 0.1) is 11.8 Å². The van der Waals surface area contributed by atoms with E-state index in [0.717, 1.165) is 12.8 Å². The molecule has 118 valence electrons. The first-order valence-electron chi connectivity index (χ1n) is 7.49. The summed E-state index contributed by atoms with van der Waals surface area (Å²) in [7, 11) is 0. The van der Waals surface area contributed by atoms with E-state index in [0.29, 0.717) is 5.69 Å². The first-order valence-corrected chi connectivity index (χ1v) is 7.49. The number of rotatable bonds is 9. The summed E-state index contributed by atoms with van der Waals surface area (Å²) in [5, 5.41) is 2.46. The van der Waals surface area contributed by atoms with Gasteiger partial charge in [-0.1, -0.05) is 32.6 Å². The molecule has 0 aliphatic heterocycles. The fourth-order valence-electron chi connectivity index (χ4n) is 1.98. The minimum absolute atomic E-state index is 0.0262. The molecule has 1 atom stereocenters. The molecule has 0 saturated heterocycles. The molecule has 0 radical (unpaired) electrons. The van der Waals surface area contributed by atoms with Crippen LogP contribution in [0.3, 0.4) is 0 Å². The Morgan fingerprint density at radius 3 is 2.86 bits per heavy atom. The molecule has 1 aromatic rings. The Morgan fingerprint density at radius 2 is 2.14 bits per heavy atom. The molecule has 4 nitrogen and oxygen atoms in total. The predicted molar refractivity (Wildman–Crippen MR) is 83.6 cm³/mol. The number of ether oxygens (including phenoxy) is 1. The SMILES string of the molecule is CCCCCCC(C)OCC(=O)Nc1cc(N)ccc1F. The maximum Gasteiger partial charge on any atom is 0.250 e. The summed E-state index contributed by atoms with van der Waals surface area (Å²) in [5.41, 5.74) is 6.04. The van der Waals surface area contributed by atoms with Gasteiger partial charge in [-0.25, -0.2) is 4.39 Å². The van der Waals surface area contributed by atoms with Crippen LogP contribution in [0.1, 0.15) is 46.0 Å². The van der Waals surface area contributed by atoms with Gasteiger partial charge in [-0.15, -0.1) is 0 Å². The largest absolute Gasteiger partial charge is 0.399 e. The molecule has 0 bridgehead atoms. The molecule has 0 fully saturated rings. The minimum Gasteiger partial charge on any atom is -0.399 e. The molecule has 0 heterocycles. The number of carbonyl (C=O) groups excluding carboxylic acids is 1. The summed E-state index contributed by atoms with van der Waals surface area (Å²) >= 11 is 0. The van der Waals surface area contributed by atoms with Gasteiger partial charge in [0.15, 0.2) is 0 Å². The molecule has 5 heteroatoms. The normalized spacial score (nSPS) is 12.1. The van der Waals surface area contributed by atoms with Crippen LogP contribution in [0, 0.1) is 5.82 Å². The van der Waals surface area contributed by atoms with Gasteiger partial charge in [-0.05, 0) is 31.5 Å². The summed E-state index contributed by atoms with van der Waals surface area (Å²) in [6, 6.07) is 4.06. The Hall–Kier alpha value is -1.62. The summed E-state index contributed by atoms with van der Waals surface area (Å²) in [6.45, 7) is 4.03. The van der Waals surface area contributed by atoms with Gasteiger partial charge in [-0.3, -0.25) is 4.79 Å². The smallest absolute Gasteiger partial charge is 0.250 e. The van der Waals surface area contributed by atoms with E-state index in [1.54, 1.807) is 0 Å². The highest BCUT2D eigenvalue weighted by Crippen LogP contribution is 2.17. The van der Waals surface area contributed by atoms with E-state index in [2.05, 4.69) is 12.2 Å². The highest BCUT2D eigenvalue weighted by Gasteiger charge is 2.10. The van der Waals surface area contributed by atoms with E-state index >= 15 is 0 Å². The van der Waals surface area contributed by atoms with Crippen molar-refractivity contribution in [2.45, 2.75) is 52.1 Å². The maximum atomic E-state index is 13.5. The second-order valence-corrected chi connectivity index (χ2v) is 5.26. The maximum absolute atomic E-state index is 13.5. The van der Waals surface area contributed by atoms with Gasteiger partial charge in [0.1, 0.15) is 12.4 Å². The molecule has 21 heavy (non-hydrogen) atoms.